The highest BCUT2D eigenvalue weighted by Gasteiger charge is 2.19. The molecule has 112 valence electrons. The number of carbonyl (C=O) groups is 1. The van der Waals surface area contributed by atoms with E-state index in [-0.39, 0.29) is 23.8 Å². The minimum atomic E-state index is -3.63. The van der Waals surface area contributed by atoms with Crippen LogP contribution in [0.15, 0.2) is 17.0 Å². The van der Waals surface area contributed by atoms with Crippen LogP contribution >= 0.6 is 0 Å². The van der Waals surface area contributed by atoms with Crippen molar-refractivity contribution in [3.05, 3.63) is 23.3 Å². The van der Waals surface area contributed by atoms with E-state index in [0.717, 1.165) is 0 Å². The summed E-state index contributed by atoms with van der Waals surface area (Å²) in [7, 11) is -3.63. The van der Waals surface area contributed by atoms with Gasteiger partial charge in [-0.2, -0.15) is 0 Å². The van der Waals surface area contributed by atoms with Crippen LogP contribution in [0.4, 0.5) is 5.69 Å². The number of aryl methyl sites for hydroxylation is 2. The number of nitrogens with two attached hydrogens (primary N) is 1. The zero-order valence-electron chi connectivity index (χ0n) is 12.0. The Morgan fingerprint density at radius 1 is 1.25 bits per heavy atom. The van der Waals surface area contributed by atoms with Crippen molar-refractivity contribution in [3.63, 3.8) is 0 Å². The first-order valence-electron chi connectivity index (χ1n) is 6.41. The minimum absolute atomic E-state index is 0.0669. The highest BCUT2D eigenvalue weighted by molar-refractivity contribution is 7.89. The monoisotopic (exact) mass is 299 g/mol. The summed E-state index contributed by atoms with van der Waals surface area (Å²) in [5.41, 5.74) is 7.39. The number of amides is 1. The van der Waals surface area contributed by atoms with Crippen LogP contribution in [0.2, 0.25) is 0 Å². The second kappa shape index (κ2) is 6.71. The van der Waals surface area contributed by atoms with Crippen molar-refractivity contribution in [2.45, 2.75) is 32.1 Å². The van der Waals surface area contributed by atoms with Crippen molar-refractivity contribution in [2.24, 2.45) is 0 Å². The molecule has 0 saturated heterocycles. The van der Waals surface area contributed by atoms with Gasteiger partial charge in [0.25, 0.3) is 0 Å². The maximum Gasteiger partial charge on any atom is 0.241 e. The first kappa shape index (κ1) is 16.5. The van der Waals surface area contributed by atoms with Gasteiger partial charge in [-0.1, -0.05) is 0 Å². The van der Waals surface area contributed by atoms with Gasteiger partial charge in [0.1, 0.15) is 0 Å². The molecule has 7 heteroatoms. The summed E-state index contributed by atoms with van der Waals surface area (Å²) in [6.07, 6.45) is 0.111. The number of rotatable bonds is 6. The van der Waals surface area contributed by atoms with E-state index < -0.39 is 10.0 Å². The molecule has 0 aliphatic carbocycles. The van der Waals surface area contributed by atoms with E-state index in [1.54, 1.807) is 26.0 Å². The molecule has 0 aliphatic rings. The normalized spacial score (nSPS) is 11.3. The summed E-state index contributed by atoms with van der Waals surface area (Å²) in [5.74, 6) is -0.180. The number of carbonyl (C=O) groups excluding carboxylic acids is 1. The van der Waals surface area contributed by atoms with E-state index >= 15 is 0 Å². The predicted octanol–water partition coefficient (Wildman–Crippen LogP) is 0.690. The number of nitrogens with one attached hydrogen (secondary N) is 2. The summed E-state index contributed by atoms with van der Waals surface area (Å²) in [5, 5.41) is 2.61. The Morgan fingerprint density at radius 2 is 1.80 bits per heavy atom. The smallest absolute Gasteiger partial charge is 0.241 e. The fourth-order valence-corrected chi connectivity index (χ4v) is 3.55. The van der Waals surface area contributed by atoms with Gasteiger partial charge in [0.05, 0.1) is 4.90 Å². The zero-order chi connectivity index (χ0) is 15.3. The predicted molar refractivity (Wildman–Crippen MR) is 78.8 cm³/mol. The van der Waals surface area contributed by atoms with Gasteiger partial charge in [0.2, 0.25) is 15.9 Å². The van der Waals surface area contributed by atoms with Gasteiger partial charge >= 0.3 is 0 Å². The number of anilines is 1. The van der Waals surface area contributed by atoms with E-state index in [1.807, 2.05) is 6.92 Å². The average Bonchev–Trinajstić information content (AvgIpc) is 2.26. The lowest BCUT2D eigenvalue weighted by molar-refractivity contribution is -0.120. The summed E-state index contributed by atoms with van der Waals surface area (Å²) < 4.78 is 26.9. The second-order valence-electron chi connectivity index (χ2n) is 4.59. The lowest BCUT2D eigenvalue weighted by Crippen LogP contribution is -2.31. The van der Waals surface area contributed by atoms with E-state index in [0.29, 0.717) is 23.4 Å². The first-order chi connectivity index (χ1) is 9.27. The summed E-state index contributed by atoms with van der Waals surface area (Å²) in [6.45, 7) is 5.80. The third kappa shape index (κ3) is 4.21. The number of benzene rings is 1. The minimum Gasteiger partial charge on any atom is -0.399 e. The first-order valence-corrected chi connectivity index (χ1v) is 7.89. The van der Waals surface area contributed by atoms with Gasteiger partial charge in [-0.25, -0.2) is 13.1 Å². The molecule has 4 N–H and O–H groups in total. The van der Waals surface area contributed by atoms with Crippen LogP contribution in [-0.4, -0.2) is 27.4 Å². The van der Waals surface area contributed by atoms with Crippen molar-refractivity contribution in [1.29, 1.82) is 0 Å². The summed E-state index contributed by atoms with van der Waals surface area (Å²) in [6, 6.07) is 3.23. The Kier molecular flexibility index (Phi) is 5.52. The molecule has 0 bridgehead atoms. The number of nitrogen functional groups attached to an aromatic ring is 1. The van der Waals surface area contributed by atoms with Crippen LogP contribution in [-0.2, 0) is 14.8 Å². The Hall–Kier alpha value is -1.60. The number of hydrogen-bond acceptors (Lipinski definition) is 4. The maximum atomic E-state index is 12.2. The molecule has 1 rings (SSSR count). The van der Waals surface area contributed by atoms with Crippen molar-refractivity contribution >= 4 is 21.6 Å². The summed E-state index contributed by atoms with van der Waals surface area (Å²) in [4.78, 5) is 11.5. The summed E-state index contributed by atoms with van der Waals surface area (Å²) >= 11 is 0. The molecule has 1 aromatic carbocycles. The second-order valence-corrected chi connectivity index (χ2v) is 6.29. The molecular formula is C13H21N3O3S. The van der Waals surface area contributed by atoms with Crippen LogP contribution in [0.1, 0.15) is 24.5 Å². The molecule has 6 nitrogen and oxygen atoms in total. The highest BCUT2D eigenvalue weighted by atomic mass is 32.2. The van der Waals surface area contributed by atoms with Crippen molar-refractivity contribution in [1.82, 2.24) is 10.0 Å². The fourth-order valence-electron chi connectivity index (χ4n) is 2.06. The van der Waals surface area contributed by atoms with Crippen molar-refractivity contribution in [3.8, 4) is 0 Å². The SMILES string of the molecule is CCNC(=O)CCNS(=O)(=O)c1c(C)cc(N)cc1C. The number of hydrogen-bond donors (Lipinski definition) is 3. The standard InChI is InChI=1S/C13H21N3O3S/c1-4-15-12(17)5-6-16-20(18,19)13-9(2)7-11(14)8-10(13)3/h7-8,16H,4-6,14H2,1-3H3,(H,15,17). The lowest BCUT2D eigenvalue weighted by atomic mass is 10.1. The highest BCUT2D eigenvalue weighted by Crippen LogP contribution is 2.22. The molecule has 0 radical (unpaired) electrons. The van der Waals surface area contributed by atoms with E-state index in [1.165, 1.54) is 0 Å². The molecule has 0 saturated carbocycles. The third-order valence-corrected chi connectivity index (χ3v) is 4.54. The molecule has 0 aromatic heterocycles. The van der Waals surface area contributed by atoms with E-state index in [2.05, 4.69) is 10.0 Å². The molecule has 1 aromatic rings. The molecule has 0 fully saturated rings. The Labute approximate surface area is 119 Å². The van der Waals surface area contributed by atoms with Gasteiger partial charge in [-0.05, 0) is 44.0 Å². The van der Waals surface area contributed by atoms with Gasteiger partial charge in [-0.3, -0.25) is 4.79 Å². The maximum absolute atomic E-state index is 12.2. The topological polar surface area (TPSA) is 101 Å². The molecule has 0 spiro atoms. The zero-order valence-corrected chi connectivity index (χ0v) is 12.8. The Morgan fingerprint density at radius 3 is 2.30 bits per heavy atom. The molecular weight excluding hydrogens is 278 g/mol. The van der Waals surface area contributed by atoms with Crippen molar-refractivity contribution in [2.75, 3.05) is 18.8 Å². The van der Waals surface area contributed by atoms with E-state index in [4.69, 9.17) is 5.73 Å². The Balaban J connectivity index is 2.82. The van der Waals surface area contributed by atoms with Crippen LogP contribution in [0, 0.1) is 13.8 Å². The van der Waals surface area contributed by atoms with Gasteiger partial charge in [-0.15, -0.1) is 0 Å². The molecule has 0 unspecified atom stereocenters. The van der Waals surface area contributed by atoms with Crippen LogP contribution < -0.4 is 15.8 Å². The third-order valence-electron chi connectivity index (χ3n) is 2.77. The van der Waals surface area contributed by atoms with Crippen molar-refractivity contribution < 1.29 is 13.2 Å². The Bertz CT molecular complexity index is 574. The van der Waals surface area contributed by atoms with Crippen LogP contribution in [0.25, 0.3) is 0 Å². The van der Waals surface area contributed by atoms with Gasteiger partial charge in [0, 0.05) is 25.2 Å². The molecule has 0 heterocycles. The lowest BCUT2D eigenvalue weighted by Gasteiger charge is -2.12. The van der Waals surface area contributed by atoms with Gasteiger partial charge in [0.15, 0.2) is 0 Å². The number of sulfonamides is 1. The average molecular weight is 299 g/mol. The molecule has 1 amide bonds. The molecule has 20 heavy (non-hydrogen) atoms. The molecule has 0 aliphatic heterocycles. The van der Waals surface area contributed by atoms with Crippen LogP contribution in [0.3, 0.4) is 0 Å². The largest absolute Gasteiger partial charge is 0.399 e. The quantitative estimate of drug-likeness (QED) is 0.673. The molecule has 0 atom stereocenters. The fraction of sp³-hybridized carbons (Fsp3) is 0.462. The van der Waals surface area contributed by atoms with Crippen LogP contribution in [0.5, 0.6) is 0 Å². The van der Waals surface area contributed by atoms with Gasteiger partial charge < -0.3 is 11.1 Å². The van der Waals surface area contributed by atoms with E-state index in [9.17, 15) is 13.2 Å².